The predicted molar refractivity (Wildman–Crippen MR) is 109 cm³/mol. The lowest BCUT2D eigenvalue weighted by Crippen LogP contribution is -2.47. The standard InChI is InChI=1S/C22H27N3O3/c1-2-28-22(27)25-14-12-19(13-15-25)23-21(26)24-20-11-7-6-10-18(20)16-17-8-4-3-5-9-17/h3-11,19H,2,12-16H2,1H3,(H2,23,24,26). The molecule has 2 aromatic carbocycles. The third-order valence-corrected chi connectivity index (χ3v) is 4.86. The number of carbonyl (C=O) groups is 2. The number of urea groups is 1. The van der Waals surface area contributed by atoms with Crippen LogP contribution in [0.3, 0.4) is 0 Å². The maximum absolute atomic E-state index is 12.5. The van der Waals surface area contributed by atoms with E-state index >= 15 is 0 Å². The van der Waals surface area contributed by atoms with E-state index in [9.17, 15) is 9.59 Å². The quantitative estimate of drug-likeness (QED) is 0.822. The van der Waals surface area contributed by atoms with E-state index in [0.29, 0.717) is 19.7 Å². The highest BCUT2D eigenvalue weighted by molar-refractivity contribution is 5.90. The highest BCUT2D eigenvalue weighted by atomic mass is 16.6. The Kier molecular flexibility index (Phi) is 6.89. The maximum Gasteiger partial charge on any atom is 0.409 e. The van der Waals surface area contributed by atoms with Crippen molar-refractivity contribution in [1.29, 1.82) is 0 Å². The van der Waals surface area contributed by atoms with Crippen LogP contribution >= 0.6 is 0 Å². The molecule has 0 saturated carbocycles. The van der Waals surface area contributed by atoms with Gasteiger partial charge in [0.1, 0.15) is 0 Å². The van der Waals surface area contributed by atoms with E-state index in [2.05, 4.69) is 22.8 Å². The number of carbonyl (C=O) groups excluding carboxylic acids is 2. The zero-order valence-electron chi connectivity index (χ0n) is 16.2. The van der Waals surface area contributed by atoms with Gasteiger partial charge in [0.25, 0.3) is 0 Å². The van der Waals surface area contributed by atoms with Gasteiger partial charge < -0.3 is 20.3 Å². The Labute approximate surface area is 165 Å². The van der Waals surface area contributed by atoms with E-state index < -0.39 is 0 Å². The van der Waals surface area contributed by atoms with E-state index in [1.165, 1.54) is 5.56 Å². The van der Waals surface area contributed by atoms with Crippen LogP contribution in [0.1, 0.15) is 30.9 Å². The Hall–Kier alpha value is -3.02. The van der Waals surface area contributed by atoms with Crippen LogP contribution in [-0.2, 0) is 11.2 Å². The number of nitrogens with zero attached hydrogens (tertiary/aromatic N) is 1. The van der Waals surface area contributed by atoms with Crippen LogP contribution in [0.4, 0.5) is 15.3 Å². The maximum atomic E-state index is 12.5. The number of anilines is 1. The second-order valence-corrected chi connectivity index (χ2v) is 6.88. The third-order valence-electron chi connectivity index (χ3n) is 4.86. The Morgan fingerprint density at radius 2 is 1.71 bits per heavy atom. The van der Waals surface area contributed by atoms with Gasteiger partial charge in [-0.3, -0.25) is 0 Å². The molecule has 6 heteroatoms. The first-order chi connectivity index (χ1) is 13.7. The van der Waals surface area contributed by atoms with Gasteiger partial charge in [0.05, 0.1) is 6.61 Å². The van der Waals surface area contributed by atoms with Crippen LogP contribution in [0.15, 0.2) is 54.6 Å². The molecule has 1 heterocycles. The molecule has 6 nitrogen and oxygen atoms in total. The molecule has 1 saturated heterocycles. The van der Waals surface area contributed by atoms with Gasteiger partial charge >= 0.3 is 12.1 Å². The predicted octanol–water partition coefficient (Wildman–Crippen LogP) is 4.02. The van der Waals surface area contributed by atoms with E-state index in [4.69, 9.17) is 4.74 Å². The minimum Gasteiger partial charge on any atom is -0.450 e. The zero-order chi connectivity index (χ0) is 19.8. The minimum absolute atomic E-state index is 0.0481. The van der Waals surface area contributed by atoms with Crippen molar-refractivity contribution in [2.45, 2.75) is 32.2 Å². The van der Waals surface area contributed by atoms with E-state index in [1.807, 2.05) is 42.5 Å². The Morgan fingerprint density at radius 1 is 1.04 bits per heavy atom. The van der Waals surface area contributed by atoms with Crippen LogP contribution in [0.25, 0.3) is 0 Å². The molecule has 1 aliphatic heterocycles. The number of benzene rings is 2. The van der Waals surface area contributed by atoms with Crippen LogP contribution in [-0.4, -0.2) is 42.8 Å². The molecule has 0 radical (unpaired) electrons. The van der Waals surface area contributed by atoms with Crippen molar-refractivity contribution in [3.05, 3.63) is 65.7 Å². The summed E-state index contributed by atoms with van der Waals surface area (Å²) in [4.78, 5) is 25.9. The van der Waals surface area contributed by atoms with Gasteiger partial charge in [-0.05, 0) is 43.4 Å². The van der Waals surface area contributed by atoms with E-state index in [0.717, 1.165) is 30.5 Å². The summed E-state index contributed by atoms with van der Waals surface area (Å²) in [5.74, 6) is 0. The van der Waals surface area contributed by atoms with Crippen LogP contribution in [0.2, 0.25) is 0 Å². The largest absolute Gasteiger partial charge is 0.450 e. The minimum atomic E-state index is -0.278. The second kappa shape index (κ2) is 9.78. The Bertz CT molecular complexity index is 787. The van der Waals surface area contributed by atoms with Gasteiger partial charge in [-0.1, -0.05) is 48.5 Å². The lowest BCUT2D eigenvalue weighted by molar-refractivity contribution is 0.0959. The number of nitrogens with one attached hydrogen (secondary N) is 2. The number of likely N-dealkylation sites (tertiary alicyclic amines) is 1. The van der Waals surface area contributed by atoms with Gasteiger partial charge in [-0.15, -0.1) is 0 Å². The Balaban J connectivity index is 1.52. The first-order valence-electron chi connectivity index (χ1n) is 9.76. The normalized spacial score (nSPS) is 14.4. The average Bonchev–Trinajstić information content (AvgIpc) is 2.71. The summed E-state index contributed by atoms with van der Waals surface area (Å²) < 4.78 is 5.03. The lowest BCUT2D eigenvalue weighted by Gasteiger charge is -2.31. The van der Waals surface area contributed by atoms with Gasteiger partial charge in [0.15, 0.2) is 0 Å². The van der Waals surface area contributed by atoms with Gasteiger partial charge in [-0.25, -0.2) is 9.59 Å². The number of hydrogen-bond donors (Lipinski definition) is 2. The third kappa shape index (κ3) is 5.49. The van der Waals surface area contributed by atoms with Crippen molar-refractivity contribution in [2.75, 3.05) is 25.0 Å². The molecular weight excluding hydrogens is 354 g/mol. The number of amides is 3. The molecule has 3 rings (SSSR count). The number of hydrogen-bond acceptors (Lipinski definition) is 3. The molecule has 1 aliphatic rings. The van der Waals surface area contributed by atoms with Crippen LogP contribution in [0, 0.1) is 0 Å². The average molecular weight is 381 g/mol. The molecule has 0 bridgehead atoms. The topological polar surface area (TPSA) is 70.7 Å². The number of ether oxygens (including phenoxy) is 1. The number of piperidine rings is 1. The van der Waals surface area contributed by atoms with Gasteiger partial charge in [0.2, 0.25) is 0 Å². The molecule has 148 valence electrons. The highest BCUT2D eigenvalue weighted by Gasteiger charge is 2.24. The molecule has 0 spiro atoms. The summed E-state index contributed by atoms with van der Waals surface area (Å²) in [6, 6.07) is 17.9. The molecule has 0 atom stereocenters. The van der Waals surface area contributed by atoms with Crippen molar-refractivity contribution in [1.82, 2.24) is 10.2 Å². The van der Waals surface area contributed by atoms with Crippen LogP contribution < -0.4 is 10.6 Å². The fourth-order valence-corrected chi connectivity index (χ4v) is 3.38. The van der Waals surface area contributed by atoms with Crippen molar-refractivity contribution < 1.29 is 14.3 Å². The fraction of sp³-hybridized carbons (Fsp3) is 0.364. The molecule has 3 amide bonds. The molecular formula is C22H27N3O3. The number of para-hydroxylation sites is 1. The van der Waals surface area contributed by atoms with Crippen LogP contribution in [0.5, 0.6) is 0 Å². The van der Waals surface area contributed by atoms with Gasteiger partial charge in [-0.2, -0.15) is 0 Å². The smallest absolute Gasteiger partial charge is 0.409 e. The summed E-state index contributed by atoms with van der Waals surface area (Å²) in [5.41, 5.74) is 3.08. The SMILES string of the molecule is CCOC(=O)N1CCC(NC(=O)Nc2ccccc2Cc2ccccc2)CC1. The summed E-state index contributed by atoms with van der Waals surface area (Å²) in [5, 5.41) is 6.00. The molecule has 2 N–H and O–H groups in total. The lowest BCUT2D eigenvalue weighted by atomic mass is 10.0. The molecule has 0 unspecified atom stereocenters. The first kappa shape index (κ1) is 19.7. The summed E-state index contributed by atoms with van der Waals surface area (Å²) in [6.07, 6.45) is 1.92. The fourth-order valence-electron chi connectivity index (χ4n) is 3.38. The van der Waals surface area contributed by atoms with Crippen molar-refractivity contribution in [2.24, 2.45) is 0 Å². The molecule has 2 aromatic rings. The summed E-state index contributed by atoms with van der Waals surface area (Å²) in [6.45, 7) is 3.36. The first-order valence-corrected chi connectivity index (χ1v) is 9.76. The summed E-state index contributed by atoms with van der Waals surface area (Å²) >= 11 is 0. The van der Waals surface area contributed by atoms with Crippen molar-refractivity contribution >= 4 is 17.8 Å². The Morgan fingerprint density at radius 3 is 2.43 bits per heavy atom. The highest BCUT2D eigenvalue weighted by Crippen LogP contribution is 2.19. The van der Waals surface area contributed by atoms with Crippen molar-refractivity contribution in [3.8, 4) is 0 Å². The molecule has 28 heavy (non-hydrogen) atoms. The molecule has 0 aromatic heterocycles. The monoisotopic (exact) mass is 381 g/mol. The molecule has 0 aliphatic carbocycles. The molecule has 1 fully saturated rings. The number of rotatable bonds is 5. The van der Waals surface area contributed by atoms with E-state index in [-0.39, 0.29) is 18.2 Å². The van der Waals surface area contributed by atoms with Gasteiger partial charge in [0, 0.05) is 24.8 Å². The van der Waals surface area contributed by atoms with Crippen molar-refractivity contribution in [3.63, 3.8) is 0 Å². The van der Waals surface area contributed by atoms with E-state index in [1.54, 1.807) is 11.8 Å². The second-order valence-electron chi connectivity index (χ2n) is 6.88. The zero-order valence-corrected chi connectivity index (χ0v) is 16.2. The summed E-state index contributed by atoms with van der Waals surface area (Å²) in [7, 11) is 0.